The fraction of sp³-hybridized carbons (Fsp3) is 0.0893. The second-order valence-corrected chi connectivity index (χ2v) is 14.7. The maximum atomic E-state index is 5.27. The molecule has 0 amide bonds. The highest BCUT2D eigenvalue weighted by molar-refractivity contribution is 5.81. The van der Waals surface area contributed by atoms with Crippen molar-refractivity contribution in [3.8, 4) is 68.1 Å². The number of rotatable bonds is 12. The molecule has 8 rings (SSSR count). The van der Waals surface area contributed by atoms with Crippen LogP contribution in [0.15, 0.2) is 195 Å². The number of pyridine rings is 5. The van der Waals surface area contributed by atoms with Crippen molar-refractivity contribution in [3.05, 3.63) is 218 Å². The van der Waals surface area contributed by atoms with E-state index in [2.05, 4.69) is 132 Å². The molecule has 0 atom stereocenters. The first-order valence-corrected chi connectivity index (χ1v) is 20.9. The molecule has 0 unspecified atom stereocenters. The zero-order valence-corrected chi connectivity index (χ0v) is 35.0. The topological polar surface area (TPSA) is 76.5 Å². The Morgan fingerprint density at radius 1 is 0.661 bits per heavy atom. The van der Waals surface area contributed by atoms with E-state index in [1.54, 1.807) is 6.20 Å². The molecule has 0 aliphatic carbocycles. The van der Waals surface area contributed by atoms with Gasteiger partial charge in [0.2, 0.25) is 0 Å². The molecule has 2 aromatic carbocycles. The van der Waals surface area contributed by atoms with Crippen LogP contribution < -0.4 is 5.32 Å². The molecule has 300 valence electrons. The van der Waals surface area contributed by atoms with Crippen LogP contribution in [0.25, 0.3) is 73.1 Å². The summed E-state index contributed by atoms with van der Waals surface area (Å²) in [4.78, 5) is 24.6. The predicted octanol–water partition coefficient (Wildman–Crippen LogP) is 12.7. The number of nitrogens with one attached hydrogen (secondary N) is 1. The first-order valence-electron chi connectivity index (χ1n) is 20.9. The first-order chi connectivity index (χ1) is 30.5. The zero-order valence-electron chi connectivity index (χ0n) is 35.0. The molecule has 0 saturated carbocycles. The van der Waals surface area contributed by atoms with E-state index in [4.69, 9.17) is 19.9 Å². The van der Waals surface area contributed by atoms with E-state index in [1.807, 2.05) is 92.7 Å². The van der Waals surface area contributed by atoms with Gasteiger partial charge in [0.25, 0.3) is 0 Å². The summed E-state index contributed by atoms with van der Waals surface area (Å²) >= 11 is 0. The van der Waals surface area contributed by atoms with Crippen LogP contribution in [-0.4, -0.2) is 31.5 Å². The largest absolute Gasteiger partial charge is 0.380 e. The average Bonchev–Trinajstić information content (AvgIpc) is 3.34. The molecule has 6 heterocycles. The second-order valence-electron chi connectivity index (χ2n) is 14.7. The number of dihydropyridines is 1. The minimum Gasteiger partial charge on any atom is -0.380 e. The summed E-state index contributed by atoms with van der Waals surface area (Å²) in [5.41, 5.74) is 16.1. The van der Waals surface area contributed by atoms with Crippen molar-refractivity contribution < 1.29 is 0 Å². The highest BCUT2D eigenvalue weighted by Gasteiger charge is 2.13. The summed E-state index contributed by atoms with van der Waals surface area (Å²) in [7, 11) is 0. The number of allylic oxidation sites excluding steroid dienone is 9. The molecule has 0 spiro atoms. The van der Waals surface area contributed by atoms with Crippen LogP contribution in [0.1, 0.15) is 43.0 Å². The molecular weight excluding hydrogens is 757 g/mol. The molecule has 7 aromatic rings. The van der Waals surface area contributed by atoms with Crippen LogP contribution in [0.3, 0.4) is 0 Å². The fourth-order valence-electron chi connectivity index (χ4n) is 7.08. The monoisotopic (exact) mass is 802 g/mol. The molecule has 1 N–H and O–H groups in total. The van der Waals surface area contributed by atoms with Crippen molar-refractivity contribution in [2.75, 3.05) is 6.54 Å². The van der Waals surface area contributed by atoms with Crippen LogP contribution >= 0.6 is 0 Å². The molecule has 6 heteroatoms. The molecule has 0 fully saturated rings. The van der Waals surface area contributed by atoms with Gasteiger partial charge in [-0.15, -0.1) is 0 Å². The van der Waals surface area contributed by atoms with E-state index in [1.165, 1.54) is 0 Å². The van der Waals surface area contributed by atoms with Gasteiger partial charge >= 0.3 is 0 Å². The van der Waals surface area contributed by atoms with Crippen molar-refractivity contribution in [2.24, 2.45) is 0 Å². The van der Waals surface area contributed by atoms with Gasteiger partial charge in [-0.2, -0.15) is 0 Å². The van der Waals surface area contributed by atoms with Crippen LogP contribution in [0.2, 0.25) is 0 Å². The summed E-state index contributed by atoms with van der Waals surface area (Å²) < 4.78 is 0. The third kappa shape index (κ3) is 10.0. The molecule has 6 nitrogen and oxygen atoms in total. The molecule has 0 radical (unpaired) electrons. The van der Waals surface area contributed by atoms with Gasteiger partial charge in [0.1, 0.15) is 0 Å². The highest BCUT2D eigenvalue weighted by atomic mass is 14.9. The average molecular weight is 803 g/mol. The number of aromatic nitrogens is 5. The molecular formula is C56H46N6. The first kappa shape index (κ1) is 40.8. The van der Waals surface area contributed by atoms with Crippen LogP contribution in [-0.2, 0) is 6.42 Å². The summed E-state index contributed by atoms with van der Waals surface area (Å²) in [6.45, 7) is 8.95. The lowest BCUT2D eigenvalue weighted by Crippen LogP contribution is -2.15. The lowest BCUT2D eigenvalue weighted by Gasteiger charge is -2.13. The molecule has 62 heavy (non-hydrogen) atoms. The Labute approximate surface area is 364 Å². The maximum absolute atomic E-state index is 5.27. The molecule has 1 aliphatic rings. The van der Waals surface area contributed by atoms with Crippen molar-refractivity contribution in [1.29, 1.82) is 0 Å². The van der Waals surface area contributed by atoms with Crippen molar-refractivity contribution in [1.82, 2.24) is 30.2 Å². The minimum absolute atomic E-state index is 0.639. The highest BCUT2D eigenvalue weighted by Crippen LogP contribution is 2.32. The van der Waals surface area contributed by atoms with E-state index >= 15 is 0 Å². The summed E-state index contributed by atoms with van der Waals surface area (Å²) in [6.07, 6.45) is 19.4. The molecule has 0 saturated heterocycles. The van der Waals surface area contributed by atoms with Crippen LogP contribution in [0, 0.1) is 11.8 Å². The Balaban J connectivity index is 1.12. The minimum atomic E-state index is 0.639. The van der Waals surface area contributed by atoms with Crippen molar-refractivity contribution in [3.63, 3.8) is 0 Å². The maximum Gasteiger partial charge on any atom is 0.0889 e. The molecule has 1 aliphatic heterocycles. The van der Waals surface area contributed by atoms with Gasteiger partial charge in [-0.3, -0.25) is 9.97 Å². The Morgan fingerprint density at radius 3 is 2.06 bits per heavy atom. The molecule has 0 bridgehead atoms. The van der Waals surface area contributed by atoms with Crippen molar-refractivity contribution in [2.45, 2.75) is 26.7 Å². The van der Waals surface area contributed by atoms with Gasteiger partial charge in [0.15, 0.2) is 0 Å². The number of hydrogen-bond acceptors (Lipinski definition) is 6. The lowest BCUT2D eigenvalue weighted by molar-refractivity contribution is 0.982. The second kappa shape index (κ2) is 19.8. The third-order valence-corrected chi connectivity index (χ3v) is 10.3. The smallest absolute Gasteiger partial charge is 0.0889 e. The van der Waals surface area contributed by atoms with Gasteiger partial charge in [-0.05, 0) is 102 Å². The van der Waals surface area contributed by atoms with Crippen LogP contribution in [0.4, 0.5) is 0 Å². The number of benzene rings is 2. The van der Waals surface area contributed by atoms with Crippen LogP contribution in [0.5, 0.6) is 0 Å². The van der Waals surface area contributed by atoms with E-state index in [9.17, 15) is 0 Å². The van der Waals surface area contributed by atoms with Gasteiger partial charge in [-0.1, -0.05) is 135 Å². The zero-order chi connectivity index (χ0) is 42.5. The Hall–Kier alpha value is -8.01. The Morgan fingerprint density at radius 2 is 1.34 bits per heavy atom. The standard InChI is InChI=1S/C56H46N6/c1-4-6-7-17-40(3)48-23-14-24-49(60-48)44-32-34-45(35-33-44)56-39-46(41-28-30-43(31-29-41)50-25-15-27-54(61-50)52-22-9-11-37-58-52)38-55(62-56)42(16-5-2)18-12-19-47-20-13-26-53(59-47)51-21-8-10-36-57-51/h5,8-18,20-36,38-39,58H,2,4,19,37H2,1,3H3/b18-12-,40-17+,42-16+. The van der Waals surface area contributed by atoms with Gasteiger partial charge < -0.3 is 5.32 Å². The van der Waals surface area contributed by atoms with E-state index < -0.39 is 0 Å². The summed E-state index contributed by atoms with van der Waals surface area (Å²) in [5.74, 6) is 6.23. The Bertz CT molecular complexity index is 2920. The third-order valence-electron chi connectivity index (χ3n) is 10.3. The van der Waals surface area contributed by atoms with Gasteiger partial charge in [-0.25, -0.2) is 15.0 Å². The SMILES string of the molecule is C=C/C=C(\C=C/Cc1cccc(-c2ccccn2)n1)c1cc(-c2ccc(-c3cccc(C4=CC=CCN4)n3)cc2)cc(-c2ccc(-c3cccc(/C(C)=C/C#CCC)n3)cc2)n1. The van der Waals surface area contributed by atoms with Crippen molar-refractivity contribution >= 4 is 16.8 Å². The molecule has 5 aromatic heterocycles. The van der Waals surface area contributed by atoms with E-state index in [-0.39, 0.29) is 0 Å². The van der Waals surface area contributed by atoms with E-state index in [0.29, 0.717) is 6.42 Å². The normalized spacial score (nSPS) is 12.6. The quantitative estimate of drug-likeness (QED) is 0.0979. The fourth-order valence-corrected chi connectivity index (χ4v) is 7.08. The number of hydrogen-bond donors (Lipinski definition) is 1. The number of nitrogens with zero attached hydrogens (tertiary/aromatic N) is 5. The van der Waals surface area contributed by atoms with E-state index in [0.717, 1.165) is 109 Å². The summed E-state index contributed by atoms with van der Waals surface area (Å²) in [5, 5.41) is 3.42. The van der Waals surface area contributed by atoms with Gasteiger partial charge in [0, 0.05) is 48.0 Å². The Kier molecular flexibility index (Phi) is 13.0. The lowest BCUT2D eigenvalue weighted by atomic mass is 9.97. The predicted molar refractivity (Wildman–Crippen MR) is 257 cm³/mol. The summed E-state index contributed by atoms with van der Waals surface area (Å²) in [6, 6.07) is 45.6. The van der Waals surface area contributed by atoms with Gasteiger partial charge in [0.05, 0.1) is 51.2 Å².